The number of nitrogens with two attached hydrogens (primary N) is 1. The zero-order chi connectivity index (χ0) is 14.2. The summed E-state index contributed by atoms with van der Waals surface area (Å²) >= 11 is 0. The second-order valence-corrected chi connectivity index (χ2v) is 5.42. The van der Waals surface area contributed by atoms with Gasteiger partial charge < -0.3 is 20.1 Å². The number of alkyl carbamates (subject to hydrolysis) is 1. The average molecular weight is 261 g/mol. The van der Waals surface area contributed by atoms with Crippen molar-refractivity contribution in [2.75, 3.05) is 26.8 Å². The highest BCUT2D eigenvalue weighted by Gasteiger charge is 2.16. The zero-order valence-corrected chi connectivity index (χ0v) is 12.1. The summed E-state index contributed by atoms with van der Waals surface area (Å²) in [5, 5.41) is 5.76. The number of ether oxygens (including phenoxy) is 2. The van der Waals surface area contributed by atoms with E-state index in [1.165, 1.54) is 0 Å². The number of rotatable bonds is 8. The molecule has 0 spiro atoms. The van der Waals surface area contributed by atoms with Gasteiger partial charge in [-0.1, -0.05) is 0 Å². The van der Waals surface area contributed by atoms with E-state index in [0.717, 1.165) is 6.42 Å². The first-order valence-corrected chi connectivity index (χ1v) is 6.19. The van der Waals surface area contributed by atoms with E-state index in [1.807, 2.05) is 7.05 Å². The van der Waals surface area contributed by atoms with Crippen LogP contribution < -0.4 is 16.4 Å². The van der Waals surface area contributed by atoms with Crippen LogP contribution in [-0.2, 0) is 9.47 Å². The van der Waals surface area contributed by atoms with E-state index in [0.29, 0.717) is 19.8 Å². The Morgan fingerprint density at radius 3 is 2.33 bits per heavy atom. The second kappa shape index (κ2) is 7.56. The van der Waals surface area contributed by atoms with Crippen LogP contribution in [0.25, 0.3) is 0 Å². The largest absolute Gasteiger partial charge is 0.429 e. The third-order valence-electron chi connectivity index (χ3n) is 2.42. The van der Waals surface area contributed by atoms with E-state index in [-0.39, 0.29) is 5.54 Å². The minimum Gasteiger partial charge on any atom is -0.429 e. The van der Waals surface area contributed by atoms with Gasteiger partial charge in [-0.05, 0) is 41.2 Å². The number of hydrogen-bond acceptors (Lipinski definition) is 5. The molecule has 0 unspecified atom stereocenters. The molecule has 1 amide bonds. The molecule has 0 aliphatic rings. The Kier molecular flexibility index (Phi) is 7.20. The fraction of sp³-hybridized carbons (Fsp3) is 0.917. The molecule has 108 valence electrons. The fourth-order valence-corrected chi connectivity index (χ4v) is 1.05. The highest BCUT2D eigenvalue weighted by atomic mass is 16.6. The molecule has 0 fully saturated rings. The molecule has 6 heteroatoms. The lowest BCUT2D eigenvalue weighted by molar-refractivity contribution is 0.0410. The van der Waals surface area contributed by atoms with E-state index in [2.05, 4.69) is 24.5 Å². The molecule has 0 aromatic carbocycles. The molecule has 0 rings (SSSR count). The second-order valence-electron chi connectivity index (χ2n) is 5.42. The topological polar surface area (TPSA) is 85.6 Å². The number of carbonyl (C=O) groups is 1. The molecular formula is C12H27N3O3. The van der Waals surface area contributed by atoms with Crippen LogP contribution >= 0.6 is 0 Å². The van der Waals surface area contributed by atoms with Crippen molar-refractivity contribution >= 4 is 6.09 Å². The van der Waals surface area contributed by atoms with Gasteiger partial charge in [-0.25, -0.2) is 4.79 Å². The minimum atomic E-state index is -0.957. The maximum absolute atomic E-state index is 11.2. The Morgan fingerprint density at radius 2 is 1.83 bits per heavy atom. The van der Waals surface area contributed by atoms with Gasteiger partial charge in [-0.2, -0.15) is 0 Å². The maximum atomic E-state index is 11.2. The van der Waals surface area contributed by atoms with Gasteiger partial charge in [0.25, 0.3) is 0 Å². The van der Waals surface area contributed by atoms with Crippen molar-refractivity contribution in [1.29, 1.82) is 0 Å². The van der Waals surface area contributed by atoms with Crippen molar-refractivity contribution in [3.63, 3.8) is 0 Å². The number of carbonyl (C=O) groups excluding carboxylic acids is 1. The highest BCUT2D eigenvalue weighted by Crippen LogP contribution is 2.06. The van der Waals surface area contributed by atoms with Crippen molar-refractivity contribution in [1.82, 2.24) is 10.6 Å². The first-order chi connectivity index (χ1) is 8.16. The lowest BCUT2D eigenvalue weighted by atomic mass is 10.0. The van der Waals surface area contributed by atoms with Crippen LogP contribution in [0.1, 0.15) is 34.1 Å². The molecule has 0 heterocycles. The summed E-state index contributed by atoms with van der Waals surface area (Å²) in [7, 11) is 1.92. The summed E-state index contributed by atoms with van der Waals surface area (Å²) in [5.41, 5.74) is 4.64. The van der Waals surface area contributed by atoms with Crippen LogP contribution in [0.15, 0.2) is 0 Å². The Labute approximate surface area is 110 Å². The molecule has 0 bridgehead atoms. The number of amides is 1. The first kappa shape index (κ1) is 17.2. The molecule has 0 saturated carbocycles. The van der Waals surface area contributed by atoms with E-state index < -0.39 is 11.8 Å². The minimum absolute atomic E-state index is 0.0654. The summed E-state index contributed by atoms with van der Waals surface area (Å²) in [4.78, 5) is 11.2. The van der Waals surface area contributed by atoms with Gasteiger partial charge in [-0.3, -0.25) is 5.73 Å². The van der Waals surface area contributed by atoms with Crippen molar-refractivity contribution in [3.05, 3.63) is 0 Å². The van der Waals surface area contributed by atoms with Gasteiger partial charge in [0.15, 0.2) is 5.72 Å². The molecule has 18 heavy (non-hydrogen) atoms. The van der Waals surface area contributed by atoms with Gasteiger partial charge in [0, 0.05) is 18.7 Å². The van der Waals surface area contributed by atoms with Crippen LogP contribution in [0.3, 0.4) is 0 Å². The summed E-state index contributed by atoms with van der Waals surface area (Å²) in [6.07, 6.45) is 0.380. The lowest BCUT2D eigenvalue weighted by Gasteiger charge is -2.23. The van der Waals surface area contributed by atoms with Gasteiger partial charge in [0.1, 0.15) is 0 Å². The Balaban J connectivity index is 3.49. The molecule has 4 N–H and O–H groups in total. The van der Waals surface area contributed by atoms with Gasteiger partial charge in [0.2, 0.25) is 0 Å². The average Bonchev–Trinajstić information content (AvgIpc) is 2.20. The number of hydrogen-bond donors (Lipinski definition) is 3. The third-order valence-corrected chi connectivity index (χ3v) is 2.42. The summed E-state index contributed by atoms with van der Waals surface area (Å²) < 4.78 is 10.3. The Hall–Kier alpha value is -0.850. The molecule has 6 nitrogen and oxygen atoms in total. The Bertz CT molecular complexity index is 249. The third kappa shape index (κ3) is 10.3. The van der Waals surface area contributed by atoms with Crippen LogP contribution in [0.2, 0.25) is 0 Å². The van der Waals surface area contributed by atoms with E-state index in [9.17, 15) is 4.79 Å². The summed E-state index contributed by atoms with van der Waals surface area (Å²) in [6.45, 7) is 8.96. The smallest absolute Gasteiger partial charge is 0.408 e. The molecule has 0 aliphatic heterocycles. The summed E-state index contributed by atoms with van der Waals surface area (Å²) in [6, 6.07) is 0. The van der Waals surface area contributed by atoms with E-state index >= 15 is 0 Å². The normalized spacial score (nSPS) is 12.3. The van der Waals surface area contributed by atoms with Gasteiger partial charge >= 0.3 is 6.09 Å². The molecular weight excluding hydrogens is 234 g/mol. The van der Waals surface area contributed by atoms with Crippen LogP contribution in [0, 0.1) is 0 Å². The SMILES string of the molecule is CNC(C)(C)CCOCCNC(=O)OC(C)(C)N. The monoisotopic (exact) mass is 261 g/mol. The van der Waals surface area contributed by atoms with Gasteiger partial charge in [-0.15, -0.1) is 0 Å². The first-order valence-electron chi connectivity index (χ1n) is 6.19. The molecule has 0 atom stereocenters. The highest BCUT2D eigenvalue weighted by molar-refractivity contribution is 5.67. The molecule has 0 radical (unpaired) electrons. The predicted molar refractivity (Wildman–Crippen MR) is 71.3 cm³/mol. The van der Waals surface area contributed by atoms with Crippen molar-refractivity contribution in [3.8, 4) is 0 Å². The van der Waals surface area contributed by atoms with Crippen molar-refractivity contribution in [2.45, 2.75) is 45.4 Å². The van der Waals surface area contributed by atoms with Crippen LogP contribution in [-0.4, -0.2) is 44.2 Å². The fourth-order valence-electron chi connectivity index (χ4n) is 1.05. The van der Waals surface area contributed by atoms with E-state index in [1.54, 1.807) is 13.8 Å². The van der Waals surface area contributed by atoms with Crippen molar-refractivity contribution < 1.29 is 14.3 Å². The zero-order valence-electron chi connectivity index (χ0n) is 12.1. The molecule has 0 aromatic heterocycles. The lowest BCUT2D eigenvalue weighted by Crippen LogP contribution is -2.42. The predicted octanol–water partition coefficient (Wildman–Crippen LogP) is 0.812. The molecule has 0 saturated heterocycles. The van der Waals surface area contributed by atoms with Gasteiger partial charge in [0.05, 0.1) is 6.61 Å². The molecule has 0 aliphatic carbocycles. The Morgan fingerprint density at radius 1 is 1.22 bits per heavy atom. The van der Waals surface area contributed by atoms with Crippen LogP contribution in [0.5, 0.6) is 0 Å². The maximum Gasteiger partial charge on any atom is 0.408 e. The van der Waals surface area contributed by atoms with E-state index in [4.69, 9.17) is 15.2 Å². The summed E-state index contributed by atoms with van der Waals surface area (Å²) in [5.74, 6) is 0. The molecule has 0 aromatic rings. The number of nitrogens with one attached hydrogen (secondary N) is 2. The quantitative estimate of drug-likeness (QED) is 0.445. The standard InChI is InChI=1S/C12H27N3O3/c1-11(2,14-5)6-8-17-9-7-15-10(16)18-12(3,4)13/h14H,6-9,13H2,1-5H3,(H,15,16). The van der Waals surface area contributed by atoms with Crippen LogP contribution in [0.4, 0.5) is 4.79 Å². The van der Waals surface area contributed by atoms with Crippen molar-refractivity contribution in [2.24, 2.45) is 5.73 Å².